The molecule has 2 aromatic heterocycles. The minimum Gasteiger partial charge on any atom is -0.379 e. The highest BCUT2D eigenvalue weighted by Gasteiger charge is 2.31. The van der Waals surface area contributed by atoms with Gasteiger partial charge in [0.25, 0.3) is 0 Å². The Morgan fingerprint density at radius 2 is 2.05 bits per heavy atom. The lowest BCUT2D eigenvalue weighted by Crippen LogP contribution is -2.11. The molecule has 1 N–H and O–H groups in total. The lowest BCUT2D eigenvalue weighted by Gasteiger charge is -2.12. The summed E-state index contributed by atoms with van der Waals surface area (Å²) in [6, 6.07) is 2.05. The zero-order valence-electron chi connectivity index (χ0n) is 10.1. The molecule has 7 heteroatoms. The van der Waals surface area contributed by atoms with Gasteiger partial charge in [0.15, 0.2) is 6.10 Å². The number of imidazole rings is 1. The van der Waals surface area contributed by atoms with Crippen LogP contribution < -0.4 is 0 Å². The smallest absolute Gasteiger partial charge is 0.379 e. The first kappa shape index (κ1) is 13.5. The number of aliphatic hydroxyl groups excluding tert-OH is 1. The Morgan fingerprint density at radius 3 is 2.58 bits per heavy atom. The van der Waals surface area contributed by atoms with Crippen molar-refractivity contribution in [3.05, 3.63) is 47.8 Å². The molecule has 0 aliphatic heterocycles. The van der Waals surface area contributed by atoms with Crippen LogP contribution in [0.3, 0.4) is 0 Å². The van der Waals surface area contributed by atoms with Crippen LogP contribution in [0.5, 0.6) is 0 Å². The van der Waals surface area contributed by atoms with Crippen LogP contribution in [-0.4, -0.2) is 19.6 Å². The standard InChI is InChI=1S/C12H12F3N3O/c1-2-18-6-5-16-11(18)10(19)9-4-3-8(7-17-9)12(13,14)15/h3-7,10,19H,2H2,1H3. The van der Waals surface area contributed by atoms with E-state index in [1.54, 1.807) is 10.8 Å². The molecule has 0 spiro atoms. The van der Waals surface area contributed by atoms with Gasteiger partial charge in [-0.05, 0) is 19.1 Å². The van der Waals surface area contributed by atoms with Crippen molar-refractivity contribution in [2.24, 2.45) is 0 Å². The number of nitrogens with zero attached hydrogens (tertiary/aromatic N) is 3. The molecule has 0 radical (unpaired) electrons. The normalized spacial score (nSPS) is 13.5. The molecule has 1 atom stereocenters. The van der Waals surface area contributed by atoms with E-state index < -0.39 is 17.8 Å². The first-order chi connectivity index (χ1) is 8.93. The van der Waals surface area contributed by atoms with E-state index in [4.69, 9.17) is 0 Å². The van der Waals surface area contributed by atoms with E-state index in [2.05, 4.69) is 9.97 Å². The molecule has 0 fully saturated rings. The monoisotopic (exact) mass is 271 g/mol. The first-order valence-corrected chi connectivity index (χ1v) is 5.65. The number of rotatable bonds is 3. The molecule has 0 aliphatic carbocycles. The van der Waals surface area contributed by atoms with Crippen molar-refractivity contribution in [3.63, 3.8) is 0 Å². The van der Waals surface area contributed by atoms with Gasteiger partial charge in [0.05, 0.1) is 11.3 Å². The highest BCUT2D eigenvalue weighted by atomic mass is 19.4. The number of hydrogen-bond donors (Lipinski definition) is 1. The Kier molecular flexibility index (Phi) is 3.57. The topological polar surface area (TPSA) is 50.9 Å². The fourth-order valence-corrected chi connectivity index (χ4v) is 1.70. The largest absolute Gasteiger partial charge is 0.417 e. The van der Waals surface area contributed by atoms with Gasteiger partial charge in [-0.1, -0.05) is 0 Å². The lowest BCUT2D eigenvalue weighted by atomic mass is 10.2. The van der Waals surface area contributed by atoms with Gasteiger partial charge in [-0.15, -0.1) is 0 Å². The van der Waals surface area contributed by atoms with Gasteiger partial charge in [-0.25, -0.2) is 4.98 Å². The van der Waals surface area contributed by atoms with E-state index in [1.165, 1.54) is 6.20 Å². The van der Waals surface area contributed by atoms with Crippen molar-refractivity contribution < 1.29 is 18.3 Å². The van der Waals surface area contributed by atoms with Gasteiger partial charge in [-0.3, -0.25) is 4.98 Å². The van der Waals surface area contributed by atoms with Crippen molar-refractivity contribution in [2.75, 3.05) is 0 Å². The molecule has 0 aromatic carbocycles. The molecule has 19 heavy (non-hydrogen) atoms. The fourth-order valence-electron chi connectivity index (χ4n) is 1.70. The number of hydrogen-bond acceptors (Lipinski definition) is 3. The molecular formula is C12H12F3N3O. The molecule has 2 aromatic rings. The summed E-state index contributed by atoms with van der Waals surface area (Å²) in [5.74, 6) is 0.356. The lowest BCUT2D eigenvalue weighted by molar-refractivity contribution is -0.137. The molecular weight excluding hydrogens is 259 g/mol. The van der Waals surface area contributed by atoms with Crippen LogP contribution in [0.2, 0.25) is 0 Å². The van der Waals surface area contributed by atoms with E-state index in [-0.39, 0.29) is 5.69 Å². The van der Waals surface area contributed by atoms with Gasteiger partial charge in [0, 0.05) is 25.1 Å². The summed E-state index contributed by atoms with van der Waals surface area (Å²) in [7, 11) is 0. The van der Waals surface area contributed by atoms with E-state index in [1.807, 2.05) is 6.92 Å². The Hall–Kier alpha value is -1.89. The van der Waals surface area contributed by atoms with Gasteiger partial charge >= 0.3 is 6.18 Å². The van der Waals surface area contributed by atoms with Crippen LogP contribution in [0.25, 0.3) is 0 Å². The molecule has 0 bridgehead atoms. The second-order valence-electron chi connectivity index (χ2n) is 3.94. The maximum absolute atomic E-state index is 12.4. The van der Waals surface area contributed by atoms with Crippen LogP contribution in [0, 0.1) is 0 Å². The van der Waals surface area contributed by atoms with Crippen LogP contribution >= 0.6 is 0 Å². The zero-order chi connectivity index (χ0) is 14.0. The predicted octanol–water partition coefficient (Wildman–Crippen LogP) is 2.40. The summed E-state index contributed by atoms with van der Waals surface area (Å²) in [6.45, 7) is 2.48. The van der Waals surface area contributed by atoms with Crippen molar-refractivity contribution in [2.45, 2.75) is 25.7 Å². The number of halogens is 3. The van der Waals surface area contributed by atoms with E-state index in [0.29, 0.717) is 18.6 Å². The van der Waals surface area contributed by atoms with Crippen molar-refractivity contribution >= 4 is 0 Å². The molecule has 2 rings (SSSR count). The number of pyridine rings is 1. The van der Waals surface area contributed by atoms with Crippen molar-refractivity contribution in [3.8, 4) is 0 Å². The molecule has 4 nitrogen and oxygen atoms in total. The maximum atomic E-state index is 12.4. The Labute approximate surface area is 107 Å². The fraction of sp³-hybridized carbons (Fsp3) is 0.333. The summed E-state index contributed by atoms with van der Waals surface area (Å²) in [4.78, 5) is 7.64. The predicted molar refractivity (Wildman–Crippen MR) is 61.2 cm³/mol. The SMILES string of the molecule is CCn1ccnc1C(O)c1ccc(C(F)(F)F)cn1. The third-order valence-corrected chi connectivity index (χ3v) is 2.73. The van der Waals surface area contributed by atoms with Crippen LogP contribution in [0.4, 0.5) is 13.2 Å². The quantitative estimate of drug-likeness (QED) is 0.932. The highest BCUT2D eigenvalue weighted by molar-refractivity contribution is 5.21. The zero-order valence-corrected chi connectivity index (χ0v) is 10.1. The maximum Gasteiger partial charge on any atom is 0.417 e. The molecule has 102 valence electrons. The van der Waals surface area contributed by atoms with Crippen LogP contribution in [0.1, 0.15) is 30.1 Å². The van der Waals surface area contributed by atoms with E-state index in [9.17, 15) is 18.3 Å². The number of aromatic nitrogens is 3. The van der Waals surface area contributed by atoms with Gasteiger partial charge < -0.3 is 9.67 Å². The average Bonchev–Trinajstić information content (AvgIpc) is 2.85. The molecule has 2 heterocycles. The molecule has 1 unspecified atom stereocenters. The number of alkyl halides is 3. The second-order valence-corrected chi connectivity index (χ2v) is 3.94. The first-order valence-electron chi connectivity index (χ1n) is 5.65. The second kappa shape index (κ2) is 5.00. The molecule has 0 saturated carbocycles. The third kappa shape index (κ3) is 2.76. The van der Waals surface area contributed by atoms with Crippen molar-refractivity contribution in [1.82, 2.24) is 14.5 Å². The van der Waals surface area contributed by atoms with E-state index >= 15 is 0 Å². The summed E-state index contributed by atoms with van der Waals surface area (Å²) in [6.07, 6.45) is -1.66. The summed E-state index contributed by atoms with van der Waals surface area (Å²) in [5.41, 5.74) is -0.712. The third-order valence-electron chi connectivity index (χ3n) is 2.73. The Balaban J connectivity index is 2.28. The van der Waals surface area contributed by atoms with Crippen LogP contribution in [-0.2, 0) is 12.7 Å². The summed E-state index contributed by atoms with van der Waals surface area (Å²) < 4.78 is 38.9. The molecule has 0 aliphatic rings. The summed E-state index contributed by atoms with van der Waals surface area (Å²) >= 11 is 0. The average molecular weight is 271 g/mol. The summed E-state index contributed by atoms with van der Waals surface area (Å²) in [5, 5.41) is 10.1. The van der Waals surface area contributed by atoms with Gasteiger partial charge in [0.1, 0.15) is 5.82 Å². The van der Waals surface area contributed by atoms with Gasteiger partial charge in [-0.2, -0.15) is 13.2 Å². The van der Waals surface area contributed by atoms with Crippen LogP contribution in [0.15, 0.2) is 30.7 Å². The minimum absolute atomic E-state index is 0.133. The number of aliphatic hydroxyl groups is 1. The van der Waals surface area contributed by atoms with Crippen molar-refractivity contribution in [1.29, 1.82) is 0 Å². The minimum atomic E-state index is -4.43. The Bertz CT molecular complexity index is 548. The molecule has 0 saturated heterocycles. The highest BCUT2D eigenvalue weighted by Crippen LogP contribution is 2.29. The Morgan fingerprint density at radius 1 is 1.32 bits per heavy atom. The molecule has 0 amide bonds. The van der Waals surface area contributed by atoms with Gasteiger partial charge in [0.2, 0.25) is 0 Å². The van der Waals surface area contributed by atoms with E-state index in [0.717, 1.165) is 12.1 Å². The number of aryl methyl sites for hydroxylation is 1.